The molecule has 0 spiro atoms. The summed E-state index contributed by atoms with van der Waals surface area (Å²) < 4.78 is 0. The Balaban J connectivity index is 1.49. The van der Waals surface area contributed by atoms with Gasteiger partial charge in [0.05, 0.1) is 5.52 Å². The number of rotatable bonds is 5. The number of benzene rings is 1. The van der Waals surface area contributed by atoms with Crippen molar-refractivity contribution in [2.24, 2.45) is 17.8 Å². The second-order valence-corrected chi connectivity index (χ2v) is 6.43. The van der Waals surface area contributed by atoms with Crippen LogP contribution in [-0.4, -0.2) is 22.6 Å². The number of hydrogen-bond acceptors (Lipinski definition) is 3. The van der Waals surface area contributed by atoms with Gasteiger partial charge in [-0.15, -0.1) is 0 Å². The van der Waals surface area contributed by atoms with E-state index in [0.717, 1.165) is 29.3 Å². The van der Waals surface area contributed by atoms with Gasteiger partial charge in [-0.25, -0.2) is 0 Å². The number of nitrogens with zero attached hydrogens (tertiary/aromatic N) is 1. The van der Waals surface area contributed by atoms with E-state index in [0.29, 0.717) is 17.3 Å². The van der Waals surface area contributed by atoms with Gasteiger partial charge in [-0.3, -0.25) is 9.89 Å². The van der Waals surface area contributed by atoms with Crippen LogP contribution in [0.25, 0.3) is 10.9 Å². The molecule has 5 heteroatoms. The highest BCUT2D eigenvalue weighted by Crippen LogP contribution is 2.48. The van der Waals surface area contributed by atoms with Crippen molar-refractivity contribution < 1.29 is 4.79 Å². The molecule has 2 aliphatic carbocycles. The lowest BCUT2D eigenvalue weighted by molar-refractivity contribution is 0.0940. The van der Waals surface area contributed by atoms with E-state index in [-0.39, 0.29) is 5.91 Å². The van der Waals surface area contributed by atoms with Gasteiger partial charge in [-0.1, -0.05) is 0 Å². The first-order valence-corrected chi connectivity index (χ1v) is 7.74. The van der Waals surface area contributed by atoms with Crippen LogP contribution in [0.15, 0.2) is 18.2 Å². The molecule has 0 unspecified atom stereocenters. The molecule has 5 nitrogen and oxygen atoms in total. The van der Waals surface area contributed by atoms with Gasteiger partial charge >= 0.3 is 0 Å². The minimum absolute atomic E-state index is 0.0989. The van der Waals surface area contributed by atoms with Gasteiger partial charge in [0.1, 0.15) is 0 Å². The second kappa shape index (κ2) is 4.76. The van der Waals surface area contributed by atoms with Crippen LogP contribution in [0.4, 0.5) is 5.69 Å². The molecule has 1 amide bonds. The lowest BCUT2D eigenvalue weighted by Crippen LogP contribution is -2.31. The number of anilines is 1. The number of carbonyl (C=O) groups excluding carboxylic acids is 1. The Kier molecular flexibility index (Phi) is 2.87. The summed E-state index contributed by atoms with van der Waals surface area (Å²) in [4.78, 5) is 12.4. The van der Waals surface area contributed by atoms with Crippen LogP contribution in [0.5, 0.6) is 0 Å². The summed E-state index contributed by atoms with van der Waals surface area (Å²) >= 11 is 0. The van der Waals surface area contributed by atoms with Crippen LogP contribution in [0.3, 0.4) is 0 Å². The van der Waals surface area contributed by atoms with E-state index in [1.165, 1.54) is 25.7 Å². The number of carbonyl (C=O) groups is 1. The number of fused-ring (bicyclic) bond motifs is 1. The number of hydrogen-bond donors (Lipinski definition) is 3. The highest BCUT2D eigenvalue weighted by atomic mass is 16.1. The van der Waals surface area contributed by atoms with Crippen molar-refractivity contribution in [1.82, 2.24) is 15.5 Å². The predicted octanol–water partition coefficient (Wildman–Crippen LogP) is 2.31. The van der Waals surface area contributed by atoms with Crippen LogP contribution in [0.1, 0.15) is 36.2 Å². The molecule has 0 radical (unpaired) electrons. The third kappa shape index (κ3) is 2.48. The van der Waals surface area contributed by atoms with Crippen molar-refractivity contribution in [2.75, 3.05) is 12.3 Å². The number of aromatic amines is 1. The van der Waals surface area contributed by atoms with Gasteiger partial charge in [0.15, 0.2) is 5.69 Å². The molecule has 1 heterocycles. The monoisotopic (exact) mass is 284 g/mol. The molecule has 0 saturated heterocycles. The maximum atomic E-state index is 12.4. The fourth-order valence-electron chi connectivity index (χ4n) is 3.27. The molecule has 0 bridgehead atoms. The normalized spacial score (nSPS) is 18.3. The first kappa shape index (κ1) is 12.7. The lowest BCUT2D eigenvalue weighted by atomic mass is 9.98. The maximum Gasteiger partial charge on any atom is 0.272 e. The van der Waals surface area contributed by atoms with Crippen molar-refractivity contribution >= 4 is 22.5 Å². The van der Waals surface area contributed by atoms with E-state index in [2.05, 4.69) is 15.5 Å². The van der Waals surface area contributed by atoms with Crippen LogP contribution in [-0.2, 0) is 0 Å². The van der Waals surface area contributed by atoms with Gasteiger partial charge in [0.25, 0.3) is 5.91 Å². The molecule has 0 aliphatic heterocycles. The van der Waals surface area contributed by atoms with Crippen molar-refractivity contribution in [2.45, 2.75) is 25.7 Å². The topological polar surface area (TPSA) is 83.8 Å². The first-order valence-electron chi connectivity index (χ1n) is 7.74. The SMILES string of the molecule is Nc1ccc2[nH]nc(C(=O)NCC(C3CC3)C3CC3)c2c1. The summed E-state index contributed by atoms with van der Waals surface area (Å²) in [7, 11) is 0. The average molecular weight is 284 g/mol. The van der Waals surface area contributed by atoms with Crippen molar-refractivity contribution in [1.29, 1.82) is 0 Å². The fourth-order valence-corrected chi connectivity index (χ4v) is 3.27. The Bertz CT molecular complexity index is 673. The average Bonchev–Trinajstić information content (AvgIpc) is 3.38. The Hall–Kier alpha value is -2.04. The van der Waals surface area contributed by atoms with E-state index in [9.17, 15) is 4.79 Å². The maximum absolute atomic E-state index is 12.4. The molecule has 2 aliphatic rings. The molecule has 4 N–H and O–H groups in total. The molecule has 110 valence electrons. The fraction of sp³-hybridized carbons (Fsp3) is 0.500. The summed E-state index contributed by atoms with van der Waals surface area (Å²) in [6.45, 7) is 0.783. The van der Waals surface area contributed by atoms with Crippen LogP contribution in [0, 0.1) is 17.8 Å². The molecular formula is C16H20N4O. The predicted molar refractivity (Wildman–Crippen MR) is 81.8 cm³/mol. The largest absolute Gasteiger partial charge is 0.399 e. The summed E-state index contributed by atoms with van der Waals surface area (Å²) in [5.74, 6) is 2.25. The standard InChI is InChI=1S/C16H20N4O/c17-11-5-6-14-12(7-11)15(20-19-14)16(21)18-8-13(9-1-2-9)10-3-4-10/h5-7,9-10,13H,1-4,8,17H2,(H,18,21)(H,19,20). The molecule has 4 rings (SSSR count). The van der Waals surface area contributed by atoms with E-state index in [1.54, 1.807) is 12.1 Å². The van der Waals surface area contributed by atoms with Gasteiger partial charge in [-0.2, -0.15) is 5.10 Å². The number of nitrogens with one attached hydrogen (secondary N) is 2. The third-order valence-electron chi connectivity index (χ3n) is 4.76. The Labute approximate surface area is 123 Å². The molecule has 1 aromatic carbocycles. The van der Waals surface area contributed by atoms with Crippen molar-refractivity contribution in [3.63, 3.8) is 0 Å². The van der Waals surface area contributed by atoms with Crippen molar-refractivity contribution in [3.8, 4) is 0 Å². The Morgan fingerprint density at radius 2 is 2.05 bits per heavy atom. The van der Waals surface area contributed by atoms with E-state index < -0.39 is 0 Å². The highest BCUT2D eigenvalue weighted by Gasteiger charge is 2.41. The minimum atomic E-state index is -0.0989. The van der Waals surface area contributed by atoms with Crippen molar-refractivity contribution in [3.05, 3.63) is 23.9 Å². The first-order chi connectivity index (χ1) is 10.2. The zero-order valence-electron chi connectivity index (χ0n) is 11.9. The molecule has 21 heavy (non-hydrogen) atoms. The molecule has 2 saturated carbocycles. The Morgan fingerprint density at radius 1 is 1.33 bits per heavy atom. The van der Waals surface area contributed by atoms with Crippen LogP contribution < -0.4 is 11.1 Å². The number of aromatic nitrogens is 2. The lowest BCUT2D eigenvalue weighted by Gasteiger charge is -2.15. The van der Waals surface area contributed by atoms with Gasteiger partial charge in [0.2, 0.25) is 0 Å². The number of nitrogen functional groups attached to an aromatic ring is 1. The van der Waals surface area contributed by atoms with Crippen LogP contribution >= 0.6 is 0 Å². The minimum Gasteiger partial charge on any atom is -0.399 e. The van der Waals surface area contributed by atoms with Gasteiger partial charge in [0, 0.05) is 17.6 Å². The number of nitrogens with two attached hydrogens (primary N) is 1. The summed E-state index contributed by atoms with van der Waals surface area (Å²) in [6, 6.07) is 5.46. The highest BCUT2D eigenvalue weighted by molar-refractivity contribution is 6.05. The summed E-state index contributed by atoms with van der Waals surface area (Å²) in [5, 5.41) is 10.9. The summed E-state index contributed by atoms with van der Waals surface area (Å²) in [5.41, 5.74) is 7.73. The molecule has 2 fully saturated rings. The molecular weight excluding hydrogens is 264 g/mol. The zero-order chi connectivity index (χ0) is 14.4. The quantitative estimate of drug-likeness (QED) is 0.737. The smallest absolute Gasteiger partial charge is 0.272 e. The molecule has 0 atom stereocenters. The second-order valence-electron chi connectivity index (χ2n) is 6.43. The third-order valence-corrected chi connectivity index (χ3v) is 4.76. The molecule has 1 aromatic heterocycles. The van der Waals surface area contributed by atoms with E-state index >= 15 is 0 Å². The van der Waals surface area contributed by atoms with Gasteiger partial charge in [-0.05, 0) is 61.6 Å². The molecule has 2 aromatic rings. The Morgan fingerprint density at radius 3 is 2.71 bits per heavy atom. The van der Waals surface area contributed by atoms with Crippen LogP contribution in [0.2, 0.25) is 0 Å². The summed E-state index contributed by atoms with van der Waals surface area (Å²) in [6.07, 6.45) is 5.33. The van der Waals surface area contributed by atoms with Gasteiger partial charge < -0.3 is 11.1 Å². The van der Waals surface area contributed by atoms with E-state index in [1.807, 2.05) is 6.07 Å². The zero-order valence-corrected chi connectivity index (χ0v) is 11.9. The number of amides is 1. The number of H-pyrrole nitrogens is 1. The van der Waals surface area contributed by atoms with E-state index in [4.69, 9.17) is 5.73 Å².